The number of anilines is 3. The first-order valence-electron chi connectivity index (χ1n) is 10.1. The second-order valence-electron chi connectivity index (χ2n) is 7.65. The summed E-state index contributed by atoms with van der Waals surface area (Å²) in [6.45, 7) is 9.86. The fourth-order valence-electron chi connectivity index (χ4n) is 3.02. The molecule has 156 valence electrons. The average Bonchev–Trinajstić information content (AvgIpc) is 2.67. The number of nitrogens with zero attached hydrogens (tertiary/aromatic N) is 2. The maximum Gasteiger partial charge on any atom is 0.265 e. The van der Waals surface area contributed by atoms with Crippen molar-refractivity contribution in [2.24, 2.45) is 0 Å². The molecule has 1 atom stereocenters. The maximum atomic E-state index is 12.6. The number of carbonyl (C=O) groups excluding carboxylic acids is 1. The Labute approximate surface area is 177 Å². The van der Waals surface area contributed by atoms with Crippen LogP contribution < -0.4 is 15.4 Å². The summed E-state index contributed by atoms with van der Waals surface area (Å²) in [6.07, 6.45) is -0.630. The number of benzene rings is 2. The van der Waals surface area contributed by atoms with Crippen molar-refractivity contribution in [1.29, 1.82) is 0 Å². The predicted molar refractivity (Wildman–Crippen MR) is 120 cm³/mol. The number of hydrogen-bond donors (Lipinski definition) is 2. The van der Waals surface area contributed by atoms with Crippen LogP contribution in [0.25, 0.3) is 0 Å². The number of carbonyl (C=O) groups is 1. The van der Waals surface area contributed by atoms with Gasteiger partial charge in [0.2, 0.25) is 5.95 Å². The zero-order valence-corrected chi connectivity index (χ0v) is 18.1. The Morgan fingerprint density at radius 1 is 0.900 bits per heavy atom. The third-order valence-corrected chi connectivity index (χ3v) is 4.60. The number of aromatic nitrogens is 2. The lowest BCUT2D eigenvalue weighted by Crippen LogP contribution is -2.30. The van der Waals surface area contributed by atoms with Gasteiger partial charge in [0, 0.05) is 22.8 Å². The van der Waals surface area contributed by atoms with Crippen LogP contribution in [0.1, 0.15) is 43.6 Å². The molecule has 2 aromatic carbocycles. The van der Waals surface area contributed by atoms with Gasteiger partial charge >= 0.3 is 0 Å². The van der Waals surface area contributed by atoms with Crippen LogP contribution in [0.15, 0.2) is 54.6 Å². The topological polar surface area (TPSA) is 76.1 Å². The minimum atomic E-state index is -0.630. The van der Waals surface area contributed by atoms with E-state index < -0.39 is 6.10 Å². The number of amides is 1. The van der Waals surface area contributed by atoms with E-state index in [9.17, 15) is 4.79 Å². The van der Waals surface area contributed by atoms with Crippen LogP contribution in [0.4, 0.5) is 17.3 Å². The molecule has 2 N–H and O–H groups in total. The zero-order valence-electron chi connectivity index (χ0n) is 18.1. The van der Waals surface area contributed by atoms with Gasteiger partial charge in [-0.2, -0.15) is 0 Å². The Kier molecular flexibility index (Phi) is 6.67. The van der Waals surface area contributed by atoms with Crippen molar-refractivity contribution >= 4 is 23.2 Å². The number of aryl methyl sites for hydroxylation is 2. The first-order valence-corrected chi connectivity index (χ1v) is 10.1. The highest BCUT2D eigenvalue weighted by atomic mass is 16.5. The van der Waals surface area contributed by atoms with E-state index in [0.717, 1.165) is 17.1 Å². The fraction of sp³-hybridized carbons (Fsp3) is 0.292. The van der Waals surface area contributed by atoms with Crippen molar-refractivity contribution in [3.8, 4) is 5.75 Å². The number of rotatable bonds is 7. The molecular formula is C24H28N4O2. The Morgan fingerprint density at radius 2 is 1.53 bits per heavy atom. The molecule has 0 spiro atoms. The SMILES string of the molecule is Cc1cc(C)nc(Nc2cccc(NC(=O)C(C)Oc3ccc(C(C)C)cc3)c2)n1. The van der Waals surface area contributed by atoms with Crippen LogP contribution in [0.2, 0.25) is 0 Å². The van der Waals surface area contributed by atoms with Gasteiger partial charge in [-0.15, -0.1) is 0 Å². The van der Waals surface area contributed by atoms with Gasteiger partial charge in [-0.1, -0.05) is 32.0 Å². The molecule has 3 rings (SSSR count). The van der Waals surface area contributed by atoms with E-state index in [1.54, 1.807) is 6.92 Å². The van der Waals surface area contributed by atoms with Crippen LogP contribution in [0.5, 0.6) is 5.75 Å². The molecule has 0 aliphatic carbocycles. The van der Waals surface area contributed by atoms with Gasteiger partial charge in [-0.05, 0) is 68.7 Å². The Balaban J connectivity index is 1.62. The molecule has 0 fully saturated rings. The van der Waals surface area contributed by atoms with Crippen molar-refractivity contribution in [2.45, 2.75) is 46.6 Å². The standard InChI is InChI=1S/C24H28N4O2/c1-15(2)19-9-11-22(12-10-19)30-18(5)23(29)27-20-7-6-8-21(14-20)28-24-25-16(3)13-17(4)26-24/h6-15,18H,1-5H3,(H,27,29)(H,25,26,28). The number of ether oxygens (including phenoxy) is 1. The maximum absolute atomic E-state index is 12.6. The minimum Gasteiger partial charge on any atom is -0.481 e. The van der Waals surface area contributed by atoms with Crippen molar-refractivity contribution in [3.63, 3.8) is 0 Å². The number of nitrogens with one attached hydrogen (secondary N) is 2. The average molecular weight is 405 g/mol. The predicted octanol–water partition coefficient (Wildman–Crippen LogP) is 5.37. The molecule has 0 radical (unpaired) electrons. The van der Waals surface area contributed by atoms with Gasteiger partial charge in [-0.3, -0.25) is 4.79 Å². The molecule has 0 aliphatic rings. The molecule has 30 heavy (non-hydrogen) atoms. The summed E-state index contributed by atoms with van der Waals surface area (Å²) >= 11 is 0. The van der Waals surface area contributed by atoms with Gasteiger partial charge in [0.15, 0.2) is 6.10 Å². The lowest BCUT2D eigenvalue weighted by molar-refractivity contribution is -0.122. The summed E-state index contributed by atoms with van der Waals surface area (Å²) in [5.74, 6) is 1.43. The first kappa shape index (κ1) is 21.3. The van der Waals surface area contributed by atoms with E-state index in [1.807, 2.05) is 68.4 Å². The van der Waals surface area contributed by atoms with Crippen LogP contribution in [-0.4, -0.2) is 22.0 Å². The summed E-state index contributed by atoms with van der Waals surface area (Å²) in [7, 11) is 0. The minimum absolute atomic E-state index is 0.220. The highest BCUT2D eigenvalue weighted by Gasteiger charge is 2.15. The van der Waals surface area contributed by atoms with Gasteiger partial charge < -0.3 is 15.4 Å². The quantitative estimate of drug-likeness (QED) is 0.554. The molecule has 0 bridgehead atoms. The third-order valence-electron chi connectivity index (χ3n) is 4.60. The highest BCUT2D eigenvalue weighted by molar-refractivity contribution is 5.94. The molecule has 1 amide bonds. The Morgan fingerprint density at radius 3 is 2.17 bits per heavy atom. The molecule has 0 aliphatic heterocycles. The Hall–Kier alpha value is -3.41. The molecule has 0 saturated carbocycles. The smallest absolute Gasteiger partial charge is 0.265 e. The van der Waals surface area contributed by atoms with E-state index in [0.29, 0.717) is 23.3 Å². The number of hydrogen-bond acceptors (Lipinski definition) is 5. The van der Waals surface area contributed by atoms with Crippen molar-refractivity contribution in [3.05, 3.63) is 71.5 Å². The van der Waals surface area contributed by atoms with Gasteiger partial charge in [-0.25, -0.2) is 9.97 Å². The largest absolute Gasteiger partial charge is 0.481 e. The molecule has 1 aromatic heterocycles. The lowest BCUT2D eigenvalue weighted by atomic mass is 10.0. The second-order valence-corrected chi connectivity index (χ2v) is 7.65. The lowest BCUT2D eigenvalue weighted by Gasteiger charge is -2.16. The molecular weight excluding hydrogens is 376 g/mol. The molecule has 0 saturated heterocycles. The van der Waals surface area contributed by atoms with E-state index in [2.05, 4.69) is 34.4 Å². The Bertz CT molecular complexity index is 996. The van der Waals surface area contributed by atoms with Crippen LogP contribution in [-0.2, 0) is 4.79 Å². The molecule has 6 nitrogen and oxygen atoms in total. The summed E-state index contributed by atoms with van der Waals surface area (Å²) in [6, 6.07) is 17.2. The van der Waals surface area contributed by atoms with E-state index in [4.69, 9.17) is 4.74 Å². The molecule has 6 heteroatoms. The van der Waals surface area contributed by atoms with Crippen LogP contribution in [0.3, 0.4) is 0 Å². The summed E-state index contributed by atoms with van der Waals surface area (Å²) in [5, 5.41) is 6.07. The normalized spacial score (nSPS) is 11.8. The molecule has 3 aromatic rings. The van der Waals surface area contributed by atoms with Crippen molar-refractivity contribution in [1.82, 2.24) is 9.97 Å². The van der Waals surface area contributed by atoms with Crippen LogP contribution >= 0.6 is 0 Å². The van der Waals surface area contributed by atoms with Gasteiger partial charge in [0.25, 0.3) is 5.91 Å². The van der Waals surface area contributed by atoms with E-state index in [1.165, 1.54) is 5.56 Å². The highest BCUT2D eigenvalue weighted by Crippen LogP contribution is 2.21. The second kappa shape index (κ2) is 9.39. The van der Waals surface area contributed by atoms with Crippen LogP contribution in [0, 0.1) is 13.8 Å². The van der Waals surface area contributed by atoms with Crippen molar-refractivity contribution < 1.29 is 9.53 Å². The summed E-state index contributed by atoms with van der Waals surface area (Å²) in [5.41, 5.74) is 4.47. The summed E-state index contributed by atoms with van der Waals surface area (Å²) < 4.78 is 5.79. The molecule has 1 heterocycles. The fourth-order valence-corrected chi connectivity index (χ4v) is 3.02. The molecule has 1 unspecified atom stereocenters. The third kappa shape index (κ3) is 5.80. The van der Waals surface area contributed by atoms with Gasteiger partial charge in [0.05, 0.1) is 0 Å². The summed E-state index contributed by atoms with van der Waals surface area (Å²) in [4.78, 5) is 21.3. The van der Waals surface area contributed by atoms with E-state index in [-0.39, 0.29) is 5.91 Å². The monoisotopic (exact) mass is 404 g/mol. The van der Waals surface area contributed by atoms with Gasteiger partial charge in [0.1, 0.15) is 5.75 Å². The first-order chi connectivity index (χ1) is 14.3. The van der Waals surface area contributed by atoms with E-state index >= 15 is 0 Å². The van der Waals surface area contributed by atoms with Crippen molar-refractivity contribution in [2.75, 3.05) is 10.6 Å². The zero-order chi connectivity index (χ0) is 21.7.